The number of fused-ring (bicyclic) bond motifs is 1. The third-order valence-electron chi connectivity index (χ3n) is 2.38. The molecule has 0 saturated heterocycles. The summed E-state index contributed by atoms with van der Waals surface area (Å²) in [6, 6.07) is 0. The Morgan fingerprint density at radius 1 is 1.54 bits per heavy atom. The Balaban J connectivity index is 2.24. The van der Waals surface area contributed by atoms with E-state index in [2.05, 4.69) is 10.2 Å². The minimum atomic E-state index is -0.726. The zero-order valence-corrected chi connectivity index (χ0v) is 7.40. The number of nitrogens with zero attached hydrogens (tertiary/aromatic N) is 3. The Morgan fingerprint density at radius 3 is 2.92 bits per heavy atom. The van der Waals surface area contributed by atoms with Crippen molar-refractivity contribution in [3.63, 3.8) is 0 Å². The van der Waals surface area contributed by atoms with Crippen LogP contribution in [0.15, 0.2) is 0 Å². The van der Waals surface area contributed by atoms with Gasteiger partial charge in [0, 0.05) is 13.5 Å². The lowest BCUT2D eigenvalue weighted by Gasteiger charge is -2.15. The minimum absolute atomic E-state index is 0.274. The second-order valence-electron chi connectivity index (χ2n) is 3.36. The molecule has 0 aromatic carbocycles. The van der Waals surface area contributed by atoms with Crippen molar-refractivity contribution < 1.29 is 9.90 Å². The van der Waals surface area contributed by atoms with E-state index in [1.165, 1.54) is 4.80 Å². The van der Waals surface area contributed by atoms with Gasteiger partial charge in [0.25, 0.3) is 0 Å². The zero-order chi connectivity index (χ0) is 9.42. The van der Waals surface area contributed by atoms with Crippen LogP contribution in [0.25, 0.3) is 0 Å². The molecule has 1 aliphatic carbocycles. The molecule has 13 heavy (non-hydrogen) atoms. The highest BCUT2D eigenvalue weighted by Gasteiger charge is 2.27. The van der Waals surface area contributed by atoms with Crippen molar-refractivity contribution in [1.82, 2.24) is 15.0 Å². The average molecular weight is 181 g/mol. The summed E-state index contributed by atoms with van der Waals surface area (Å²) in [5.41, 5.74) is 1.81. The second-order valence-corrected chi connectivity index (χ2v) is 3.36. The number of carboxylic acid groups (broad SMARTS) is 1. The Hall–Kier alpha value is -1.39. The molecule has 1 heterocycles. The van der Waals surface area contributed by atoms with Crippen LogP contribution < -0.4 is 0 Å². The molecule has 5 heteroatoms. The van der Waals surface area contributed by atoms with Crippen LogP contribution in [0.5, 0.6) is 0 Å². The summed E-state index contributed by atoms with van der Waals surface area (Å²) in [4.78, 5) is 12.2. The van der Waals surface area contributed by atoms with Crippen LogP contribution in [0.1, 0.15) is 17.8 Å². The van der Waals surface area contributed by atoms with Crippen molar-refractivity contribution in [2.24, 2.45) is 13.0 Å². The molecule has 1 atom stereocenters. The molecule has 1 aromatic heterocycles. The monoisotopic (exact) mass is 181 g/mol. The number of hydrogen-bond donors (Lipinski definition) is 1. The standard InChI is InChI=1S/C8H11N3O2/c1-11-9-6-3-2-5(8(12)13)4-7(6)10-11/h5H,2-4H2,1H3,(H,12,13). The number of rotatable bonds is 1. The second kappa shape index (κ2) is 2.83. The predicted octanol–water partition coefficient (Wildman–Crippen LogP) is 0.00460. The van der Waals surface area contributed by atoms with Crippen LogP contribution in [0.4, 0.5) is 0 Å². The summed E-state index contributed by atoms with van der Waals surface area (Å²) in [6.45, 7) is 0. The van der Waals surface area contributed by atoms with Crippen LogP contribution in [0.2, 0.25) is 0 Å². The molecule has 0 spiro atoms. The van der Waals surface area contributed by atoms with Gasteiger partial charge in [-0.1, -0.05) is 0 Å². The first-order chi connectivity index (χ1) is 6.16. The van der Waals surface area contributed by atoms with Crippen molar-refractivity contribution in [2.75, 3.05) is 0 Å². The summed E-state index contributed by atoms with van der Waals surface area (Å²) < 4.78 is 0. The van der Waals surface area contributed by atoms with E-state index in [4.69, 9.17) is 5.11 Å². The Labute approximate surface area is 75.4 Å². The van der Waals surface area contributed by atoms with Gasteiger partial charge in [-0.2, -0.15) is 15.0 Å². The van der Waals surface area contributed by atoms with Crippen molar-refractivity contribution in [3.05, 3.63) is 11.4 Å². The summed E-state index contributed by atoms with van der Waals surface area (Å²) in [7, 11) is 1.76. The first-order valence-electron chi connectivity index (χ1n) is 4.28. The van der Waals surface area contributed by atoms with Crippen LogP contribution >= 0.6 is 0 Å². The van der Waals surface area contributed by atoms with E-state index in [-0.39, 0.29) is 5.92 Å². The summed E-state index contributed by atoms with van der Waals surface area (Å²) in [5.74, 6) is -1.000. The molecule has 0 radical (unpaired) electrons. The number of aryl methyl sites for hydroxylation is 2. The lowest BCUT2D eigenvalue weighted by Crippen LogP contribution is -2.22. The summed E-state index contributed by atoms with van der Waals surface area (Å²) in [5, 5.41) is 17.1. The Kier molecular flexibility index (Phi) is 1.79. The third kappa shape index (κ3) is 1.41. The normalized spacial score (nSPS) is 21.2. The van der Waals surface area contributed by atoms with Crippen molar-refractivity contribution in [3.8, 4) is 0 Å². The molecule has 1 aliphatic rings. The van der Waals surface area contributed by atoms with E-state index < -0.39 is 5.97 Å². The minimum Gasteiger partial charge on any atom is -0.481 e. The van der Waals surface area contributed by atoms with Crippen molar-refractivity contribution in [2.45, 2.75) is 19.3 Å². The van der Waals surface area contributed by atoms with Gasteiger partial charge in [-0.3, -0.25) is 4.79 Å². The topological polar surface area (TPSA) is 68.0 Å². The zero-order valence-electron chi connectivity index (χ0n) is 7.40. The van der Waals surface area contributed by atoms with Gasteiger partial charge in [-0.05, 0) is 12.8 Å². The van der Waals surface area contributed by atoms with E-state index in [0.29, 0.717) is 12.8 Å². The molecule has 0 fully saturated rings. The highest BCUT2D eigenvalue weighted by Crippen LogP contribution is 2.22. The fraction of sp³-hybridized carbons (Fsp3) is 0.625. The van der Waals surface area contributed by atoms with E-state index >= 15 is 0 Å². The fourth-order valence-corrected chi connectivity index (χ4v) is 1.70. The first-order valence-corrected chi connectivity index (χ1v) is 4.28. The van der Waals surface area contributed by atoms with Crippen LogP contribution in [-0.4, -0.2) is 26.1 Å². The van der Waals surface area contributed by atoms with Gasteiger partial charge in [0.2, 0.25) is 0 Å². The van der Waals surface area contributed by atoms with Gasteiger partial charge in [-0.15, -0.1) is 0 Å². The summed E-state index contributed by atoms with van der Waals surface area (Å²) >= 11 is 0. The molecular weight excluding hydrogens is 170 g/mol. The van der Waals surface area contributed by atoms with Gasteiger partial charge in [0.15, 0.2) is 0 Å². The predicted molar refractivity (Wildman–Crippen MR) is 44.2 cm³/mol. The number of carboxylic acids is 1. The molecule has 0 saturated carbocycles. The van der Waals surface area contributed by atoms with Gasteiger partial charge < -0.3 is 5.11 Å². The smallest absolute Gasteiger partial charge is 0.306 e. The molecule has 1 unspecified atom stereocenters. The highest BCUT2D eigenvalue weighted by molar-refractivity contribution is 5.70. The molecule has 1 aromatic rings. The van der Waals surface area contributed by atoms with Gasteiger partial charge in [0.05, 0.1) is 17.3 Å². The molecule has 5 nitrogen and oxygen atoms in total. The largest absolute Gasteiger partial charge is 0.481 e. The van der Waals surface area contributed by atoms with E-state index in [1.807, 2.05) is 0 Å². The molecule has 0 amide bonds. The lowest BCUT2D eigenvalue weighted by molar-refractivity contribution is -0.142. The maximum Gasteiger partial charge on any atom is 0.306 e. The van der Waals surface area contributed by atoms with E-state index in [9.17, 15) is 4.79 Å². The van der Waals surface area contributed by atoms with E-state index in [0.717, 1.165) is 17.8 Å². The van der Waals surface area contributed by atoms with Crippen LogP contribution in [0, 0.1) is 5.92 Å². The molecule has 0 aliphatic heterocycles. The number of carbonyl (C=O) groups is 1. The van der Waals surface area contributed by atoms with Crippen molar-refractivity contribution >= 4 is 5.97 Å². The van der Waals surface area contributed by atoms with Crippen molar-refractivity contribution in [1.29, 1.82) is 0 Å². The average Bonchev–Trinajstić information content (AvgIpc) is 2.42. The van der Waals surface area contributed by atoms with Crippen LogP contribution in [-0.2, 0) is 24.7 Å². The maximum absolute atomic E-state index is 10.7. The maximum atomic E-state index is 10.7. The quantitative estimate of drug-likeness (QED) is 0.662. The SMILES string of the molecule is Cn1nc2c(n1)CC(C(=O)O)CC2. The van der Waals surface area contributed by atoms with Gasteiger partial charge in [0.1, 0.15) is 0 Å². The Morgan fingerprint density at radius 2 is 2.23 bits per heavy atom. The molecular formula is C8H11N3O2. The van der Waals surface area contributed by atoms with E-state index in [1.54, 1.807) is 7.05 Å². The number of aliphatic carboxylic acids is 1. The van der Waals surface area contributed by atoms with Crippen LogP contribution in [0.3, 0.4) is 0 Å². The van der Waals surface area contributed by atoms with Gasteiger partial charge >= 0.3 is 5.97 Å². The number of aromatic nitrogens is 3. The number of hydrogen-bond acceptors (Lipinski definition) is 3. The first kappa shape index (κ1) is 8.22. The molecule has 70 valence electrons. The molecule has 1 N–H and O–H groups in total. The third-order valence-corrected chi connectivity index (χ3v) is 2.38. The Bertz CT molecular complexity index is 345. The van der Waals surface area contributed by atoms with Gasteiger partial charge in [-0.25, -0.2) is 0 Å². The molecule has 2 rings (SSSR count). The molecule has 0 bridgehead atoms. The lowest BCUT2D eigenvalue weighted by atomic mass is 9.90. The fourth-order valence-electron chi connectivity index (χ4n) is 1.70. The summed E-state index contributed by atoms with van der Waals surface area (Å²) in [6.07, 6.45) is 1.94. The highest BCUT2D eigenvalue weighted by atomic mass is 16.4.